The lowest BCUT2D eigenvalue weighted by molar-refractivity contribution is -0.129. The molecule has 0 saturated carbocycles. The summed E-state index contributed by atoms with van der Waals surface area (Å²) in [6, 6.07) is 13.4. The van der Waals surface area contributed by atoms with E-state index >= 15 is 0 Å². The van der Waals surface area contributed by atoms with E-state index in [0.29, 0.717) is 25.1 Å². The molecule has 7 nitrogen and oxygen atoms in total. The van der Waals surface area contributed by atoms with E-state index < -0.39 is 10.0 Å². The monoisotopic (exact) mass is 432 g/mol. The predicted molar refractivity (Wildman–Crippen MR) is 115 cm³/mol. The van der Waals surface area contributed by atoms with Gasteiger partial charge in [0.15, 0.2) is 5.78 Å². The van der Waals surface area contributed by atoms with E-state index in [2.05, 4.69) is 4.72 Å². The molecule has 0 spiro atoms. The number of hydrogen-bond donors (Lipinski definition) is 1. The molecule has 30 heavy (non-hydrogen) atoms. The molecule has 8 heteroatoms. The minimum atomic E-state index is -3.73. The zero-order valence-electron chi connectivity index (χ0n) is 17.6. The fourth-order valence-electron chi connectivity index (χ4n) is 2.76. The van der Waals surface area contributed by atoms with Gasteiger partial charge in [-0.05, 0) is 44.0 Å². The molecule has 162 valence electrons. The van der Waals surface area contributed by atoms with Crippen molar-refractivity contribution in [3.05, 3.63) is 59.7 Å². The maximum atomic E-state index is 12.3. The van der Waals surface area contributed by atoms with Crippen molar-refractivity contribution in [1.82, 2.24) is 9.62 Å². The highest BCUT2D eigenvalue weighted by Crippen LogP contribution is 2.16. The van der Waals surface area contributed by atoms with Gasteiger partial charge in [0, 0.05) is 32.1 Å². The van der Waals surface area contributed by atoms with Gasteiger partial charge >= 0.3 is 0 Å². The first-order valence-corrected chi connectivity index (χ1v) is 11.2. The molecule has 0 fully saturated rings. The molecule has 1 N–H and O–H groups in total. The van der Waals surface area contributed by atoms with Crippen molar-refractivity contribution in [2.75, 3.05) is 26.7 Å². The molecule has 1 amide bonds. The highest BCUT2D eigenvalue weighted by molar-refractivity contribution is 7.89. The number of nitrogens with one attached hydrogen (secondary N) is 1. The van der Waals surface area contributed by atoms with Gasteiger partial charge < -0.3 is 9.64 Å². The van der Waals surface area contributed by atoms with E-state index in [9.17, 15) is 18.0 Å². The fourth-order valence-corrected chi connectivity index (χ4v) is 3.79. The number of ketones is 1. The number of aryl methyl sites for hydroxylation is 1. The number of ether oxygens (including phenoxy) is 1. The van der Waals surface area contributed by atoms with E-state index in [1.165, 1.54) is 31.2 Å². The number of benzene rings is 2. The summed E-state index contributed by atoms with van der Waals surface area (Å²) in [5.74, 6) is 0.544. The Morgan fingerprint density at radius 2 is 1.73 bits per heavy atom. The van der Waals surface area contributed by atoms with E-state index in [1.54, 1.807) is 11.9 Å². The molecule has 0 unspecified atom stereocenters. The lowest BCUT2D eigenvalue weighted by Gasteiger charge is -2.18. The van der Waals surface area contributed by atoms with Crippen LogP contribution in [-0.2, 0) is 14.8 Å². The molecule has 2 aromatic rings. The molecular weight excluding hydrogens is 404 g/mol. The third kappa shape index (κ3) is 6.96. The number of sulfonamides is 1. The molecule has 2 rings (SSSR count). The zero-order chi connectivity index (χ0) is 22.1. The van der Waals surface area contributed by atoms with Gasteiger partial charge in [-0.2, -0.15) is 0 Å². The first-order valence-electron chi connectivity index (χ1n) is 9.74. The average Bonchev–Trinajstić information content (AvgIpc) is 2.72. The van der Waals surface area contributed by atoms with Crippen LogP contribution in [0, 0.1) is 6.92 Å². The average molecular weight is 433 g/mol. The van der Waals surface area contributed by atoms with Crippen molar-refractivity contribution >= 4 is 21.7 Å². The normalized spacial score (nSPS) is 11.2. The van der Waals surface area contributed by atoms with Crippen molar-refractivity contribution < 1.29 is 22.7 Å². The molecule has 0 bridgehead atoms. The molecule has 0 aliphatic heterocycles. The van der Waals surface area contributed by atoms with Crippen LogP contribution < -0.4 is 9.46 Å². The Balaban J connectivity index is 1.72. The molecule has 0 aliphatic carbocycles. The number of Topliss-reactive ketones (excluding diaryl/α,β-unsaturated/α-hetero) is 1. The molecule has 2 aromatic carbocycles. The Kier molecular flexibility index (Phi) is 8.56. The summed E-state index contributed by atoms with van der Waals surface area (Å²) >= 11 is 0. The quantitative estimate of drug-likeness (QED) is 0.435. The lowest BCUT2D eigenvalue weighted by Crippen LogP contribution is -2.33. The second-order valence-corrected chi connectivity index (χ2v) is 8.78. The van der Waals surface area contributed by atoms with Crippen molar-refractivity contribution in [3.63, 3.8) is 0 Å². The van der Waals surface area contributed by atoms with E-state index in [4.69, 9.17) is 4.74 Å². The number of rotatable bonds is 11. The SMILES string of the molecule is CC(=O)c1ccc(S(=O)(=O)NCCC(=O)N(C)CCCOc2ccccc2C)cc1. The third-order valence-corrected chi connectivity index (χ3v) is 6.09. The predicted octanol–water partition coefficient (Wildman–Crippen LogP) is 2.79. The summed E-state index contributed by atoms with van der Waals surface area (Å²) in [6.07, 6.45) is 0.727. The van der Waals surface area contributed by atoms with Gasteiger partial charge in [-0.3, -0.25) is 9.59 Å². The van der Waals surface area contributed by atoms with Crippen LogP contribution in [0.15, 0.2) is 53.4 Å². The minimum Gasteiger partial charge on any atom is -0.493 e. The maximum absolute atomic E-state index is 12.3. The van der Waals surface area contributed by atoms with Gasteiger partial charge in [-0.25, -0.2) is 13.1 Å². The Labute approximate surface area is 178 Å². The van der Waals surface area contributed by atoms with Crippen molar-refractivity contribution in [1.29, 1.82) is 0 Å². The smallest absolute Gasteiger partial charge is 0.240 e. The largest absolute Gasteiger partial charge is 0.493 e. The second-order valence-electron chi connectivity index (χ2n) is 7.01. The molecule has 0 heterocycles. The van der Waals surface area contributed by atoms with Crippen LogP contribution in [0.3, 0.4) is 0 Å². The topological polar surface area (TPSA) is 92.8 Å². The summed E-state index contributed by atoms with van der Waals surface area (Å²) in [4.78, 5) is 25.1. The first-order chi connectivity index (χ1) is 14.2. The van der Waals surface area contributed by atoms with Crippen LogP contribution in [0.4, 0.5) is 0 Å². The Morgan fingerprint density at radius 1 is 1.07 bits per heavy atom. The summed E-state index contributed by atoms with van der Waals surface area (Å²) in [6.45, 7) is 4.40. The number of para-hydroxylation sites is 1. The summed E-state index contributed by atoms with van der Waals surface area (Å²) in [5.41, 5.74) is 1.50. The maximum Gasteiger partial charge on any atom is 0.240 e. The van der Waals surface area contributed by atoms with Gasteiger partial charge in [-0.15, -0.1) is 0 Å². The first kappa shape index (κ1) is 23.6. The van der Waals surface area contributed by atoms with Crippen LogP contribution in [0.25, 0.3) is 0 Å². The van der Waals surface area contributed by atoms with Gasteiger partial charge in [0.05, 0.1) is 11.5 Å². The van der Waals surface area contributed by atoms with E-state index in [0.717, 1.165) is 11.3 Å². The highest BCUT2D eigenvalue weighted by Gasteiger charge is 2.16. The molecule has 0 radical (unpaired) electrons. The Hall–Kier alpha value is -2.71. The lowest BCUT2D eigenvalue weighted by atomic mass is 10.2. The van der Waals surface area contributed by atoms with Gasteiger partial charge in [-0.1, -0.05) is 30.3 Å². The Morgan fingerprint density at radius 3 is 2.37 bits per heavy atom. The number of amides is 1. The second kappa shape index (κ2) is 10.9. The van der Waals surface area contributed by atoms with Crippen LogP contribution in [0.2, 0.25) is 0 Å². The van der Waals surface area contributed by atoms with E-state index in [1.807, 2.05) is 31.2 Å². The third-order valence-electron chi connectivity index (χ3n) is 4.62. The fraction of sp³-hybridized carbons (Fsp3) is 0.364. The summed E-state index contributed by atoms with van der Waals surface area (Å²) in [5, 5.41) is 0. The zero-order valence-corrected chi connectivity index (χ0v) is 18.4. The molecule has 0 aromatic heterocycles. The number of nitrogens with zero attached hydrogens (tertiary/aromatic N) is 1. The number of carbonyl (C=O) groups is 2. The van der Waals surface area contributed by atoms with Crippen LogP contribution >= 0.6 is 0 Å². The van der Waals surface area contributed by atoms with Crippen LogP contribution in [0.1, 0.15) is 35.7 Å². The summed E-state index contributed by atoms with van der Waals surface area (Å²) in [7, 11) is -2.05. The minimum absolute atomic E-state index is 0.000321. The highest BCUT2D eigenvalue weighted by atomic mass is 32.2. The van der Waals surface area contributed by atoms with E-state index in [-0.39, 0.29) is 29.6 Å². The number of carbonyl (C=O) groups excluding carboxylic acids is 2. The van der Waals surface area contributed by atoms with Gasteiger partial charge in [0.1, 0.15) is 5.75 Å². The molecule has 0 aliphatic rings. The van der Waals surface area contributed by atoms with Crippen LogP contribution in [-0.4, -0.2) is 51.8 Å². The molecule has 0 saturated heterocycles. The van der Waals surface area contributed by atoms with Crippen molar-refractivity contribution in [2.45, 2.75) is 31.6 Å². The number of hydrogen-bond acceptors (Lipinski definition) is 5. The molecular formula is C22H28N2O5S. The van der Waals surface area contributed by atoms with Gasteiger partial charge in [0.2, 0.25) is 15.9 Å². The summed E-state index contributed by atoms with van der Waals surface area (Å²) < 4.78 is 32.7. The van der Waals surface area contributed by atoms with Gasteiger partial charge in [0.25, 0.3) is 0 Å². The van der Waals surface area contributed by atoms with Crippen LogP contribution in [0.5, 0.6) is 5.75 Å². The molecule has 0 atom stereocenters. The van der Waals surface area contributed by atoms with Crippen molar-refractivity contribution in [3.8, 4) is 5.75 Å². The van der Waals surface area contributed by atoms with Crippen molar-refractivity contribution in [2.24, 2.45) is 0 Å². The standard InChI is InChI=1S/C22H28N2O5S/c1-17-7-4-5-8-21(17)29-16-6-15-24(3)22(26)13-14-23-30(27,28)20-11-9-19(10-12-20)18(2)25/h4-5,7-12,23H,6,13-16H2,1-3H3. The Bertz CT molecular complexity index is 971.